The maximum atomic E-state index is 13.8. The second kappa shape index (κ2) is 7.94. The Morgan fingerprint density at radius 1 is 1.30 bits per heavy atom. The van der Waals surface area contributed by atoms with E-state index in [-0.39, 0.29) is 12.2 Å². The summed E-state index contributed by atoms with van der Waals surface area (Å²) >= 11 is 5.98. The van der Waals surface area contributed by atoms with E-state index in [1.807, 2.05) is 12.1 Å². The average molecular weight is 338 g/mol. The third-order valence-corrected chi connectivity index (χ3v) is 3.73. The molecule has 0 bridgehead atoms. The fraction of sp³-hybridized carbons (Fsp3) is 0.235. The zero-order valence-corrected chi connectivity index (χ0v) is 13.3. The molecule has 23 heavy (non-hydrogen) atoms. The highest BCUT2D eigenvalue weighted by atomic mass is 35.5. The summed E-state index contributed by atoms with van der Waals surface area (Å²) in [5.74, 6) is -0.800. The molecule has 2 rings (SSSR count). The predicted octanol–water partition coefficient (Wildman–Crippen LogP) is 3.62. The van der Waals surface area contributed by atoms with E-state index in [4.69, 9.17) is 21.4 Å². The Balaban J connectivity index is 2.07. The molecule has 1 unspecified atom stereocenters. The van der Waals surface area contributed by atoms with Gasteiger partial charge in [-0.3, -0.25) is 4.79 Å². The summed E-state index contributed by atoms with van der Waals surface area (Å²) in [5.41, 5.74) is 1.07. The maximum absolute atomic E-state index is 13.8. The van der Waals surface area contributed by atoms with E-state index in [0.29, 0.717) is 17.3 Å². The van der Waals surface area contributed by atoms with Crippen LogP contribution in [-0.4, -0.2) is 17.1 Å². The molecule has 2 aromatic rings. The summed E-state index contributed by atoms with van der Waals surface area (Å²) < 4.78 is 19.4. The molecule has 6 heteroatoms. The number of rotatable bonds is 7. The molecule has 0 saturated carbocycles. The van der Waals surface area contributed by atoms with Crippen molar-refractivity contribution in [3.63, 3.8) is 0 Å². The Hall–Kier alpha value is -2.11. The molecule has 0 saturated heterocycles. The van der Waals surface area contributed by atoms with Crippen molar-refractivity contribution in [1.82, 2.24) is 5.32 Å². The third-order valence-electron chi connectivity index (χ3n) is 3.38. The van der Waals surface area contributed by atoms with Crippen LogP contribution < -0.4 is 10.1 Å². The van der Waals surface area contributed by atoms with Gasteiger partial charge in [0.15, 0.2) is 0 Å². The second-order valence-electron chi connectivity index (χ2n) is 5.04. The molecule has 0 radical (unpaired) electrons. The number of halogens is 2. The molecule has 0 fully saturated rings. The van der Waals surface area contributed by atoms with E-state index in [9.17, 15) is 9.18 Å². The minimum Gasteiger partial charge on any atom is -0.488 e. The smallest absolute Gasteiger partial charge is 0.320 e. The van der Waals surface area contributed by atoms with Gasteiger partial charge in [-0.2, -0.15) is 0 Å². The number of aliphatic carboxylic acids is 1. The van der Waals surface area contributed by atoms with Gasteiger partial charge in [-0.25, -0.2) is 4.39 Å². The number of benzene rings is 2. The van der Waals surface area contributed by atoms with Gasteiger partial charge in [-0.05, 0) is 25.1 Å². The Morgan fingerprint density at radius 3 is 2.74 bits per heavy atom. The largest absolute Gasteiger partial charge is 0.488 e. The third kappa shape index (κ3) is 4.68. The van der Waals surface area contributed by atoms with E-state index in [0.717, 1.165) is 5.56 Å². The van der Waals surface area contributed by atoms with Crippen molar-refractivity contribution < 1.29 is 19.0 Å². The molecule has 2 aromatic carbocycles. The van der Waals surface area contributed by atoms with Crippen molar-refractivity contribution in [2.45, 2.75) is 26.1 Å². The quantitative estimate of drug-likeness (QED) is 0.810. The SMILES string of the molecule is CC(NCc1ccccc1OCc1c(F)cccc1Cl)C(=O)O. The van der Waals surface area contributed by atoms with E-state index >= 15 is 0 Å². The number of carboxylic acids is 1. The zero-order chi connectivity index (χ0) is 16.8. The highest BCUT2D eigenvalue weighted by Gasteiger charge is 2.12. The van der Waals surface area contributed by atoms with Crippen molar-refractivity contribution >= 4 is 17.6 Å². The minimum atomic E-state index is -0.929. The first-order chi connectivity index (χ1) is 11.0. The van der Waals surface area contributed by atoms with Gasteiger partial charge < -0.3 is 15.2 Å². The summed E-state index contributed by atoms with van der Waals surface area (Å²) in [6, 6.07) is 11.0. The molecular weight excluding hydrogens is 321 g/mol. The standard InChI is InChI=1S/C17H17ClFNO3/c1-11(17(21)22)20-9-12-5-2-3-8-16(12)23-10-13-14(18)6-4-7-15(13)19/h2-8,11,20H,9-10H2,1H3,(H,21,22). The predicted molar refractivity (Wildman–Crippen MR) is 86.1 cm³/mol. The normalized spacial score (nSPS) is 12.0. The van der Waals surface area contributed by atoms with Gasteiger partial charge in [0.1, 0.15) is 24.2 Å². The van der Waals surface area contributed by atoms with Gasteiger partial charge in [0.05, 0.1) is 5.02 Å². The lowest BCUT2D eigenvalue weighted by Gasteiger charge is -2.14. The zero-order valence-electron chi connectivity index (χ0n) is 12.6. The summed E-state index contributed by atoms with van der Waals surface area (Å²) in [6.07, 6.45) is 0. The van der Waals surface area contributed by atoms with Gasteiger partial charge in [0, 0.05) is 17.7 Å². The van der Waals surface area contributed by atoms with E-state index < -0.39 is 17.8 Å². The Bertz CT molecular complexity index is 673. The van der Waals surface area contributed by atoms with E-state index in [1.165, 1.54) is 12.1 Å². The van der Waals surface area contributed by atoms with Crippen LogP contribution in [0.4, 0.5) is 4.39 Å². The molecular formula is C17H17ClFNO3. The van der Waals surface area contributed by atoms with Gasteiger partial charge in [-0.15, -0.1) is 0 Å². The van der Waals surface area contributed by atoms with Crippen molar-refractivity contribution in [2.24, 2.45) is 0 Å². The Morgan fingerprint density at radius 2 is 2.04 bits per heavy atom. The number of hydrogen-bond acceptors (Lipinski definition) is 3. The van der Waals surface area contributed by atoms with Crippen molar-refractivity contribution in [3.8, 4) is 5.75 Å². The molecule has 1 atom stereocenters. The van der Waals surface area contributed by atoms with Crippen LogP contribution >= 0.6 is 11.6 Å². The van der Waals surface area contributed by atoms with Crippen molar-refractivity contribution in [1.29, 1.82) is 0 Å². The molecule has 0 heterocycles. The molecule has 2 N–H and O–H groups in total. The van der Waals surface area contributed by atoms with Gasteiger partial charge in [0.25, 0.3) is 0 Å². The maximum Gasteiger partial charge on any atom is 0.320 e. The van der Waals surface area contributed by atoms with Crippen LogP contribution in [0.3, 0.4) is 0 Å². The first kappa shape index (κ1) is 17.2. The summed E-state index contributed by atoms with van der Waals surface area (Å²) in [6.45, 7) is 1.89. The number of carbonyl (C=O) groups is 1. The van der Waals surface area contributed by atoms with Crippen molar-refractivity contribution in [2.75, 3.05) is 0 Å². The Kier molecular flexibility index (Phi) is 5.96. The topological polar surface area (TPSA) is 58.6 Å². The summed E-state index contributed by atoms with van der Waals surface area (Å²) in [5, 5.41) is 12.1. The van der Waals surface area contributed by atoms with Gasteiger partial charge in [-0.1, -0.05) is 35.9 Å². The van der Waals surface area contributed by atoms with Crippen LogP contribution in [-0.2, 0) is 17.9 Å². The highest BCUT2D eigenvalue weighted by molar-refractivity contribution is 6.31. The summed E-state index contributed by atoms with van der Waals surface area (Å²) in [4.78, 5) is 10.8. The lowest BCUT2D eigenvalue weighted by atomic mass is 10.2. The fourth-order valence-electron chi connectivity index (χ4n) is 1.96. The number of nitrogens with one attached hydrogen (secondary N) is 1. The van der Waals surface area contributed by atoms with Gasteiger partial charge in [0.2, 0.25) is 0 Å². The van der Waals surface area contributed by atoms with E-state index in [1.54, 1.807) is 25.1 Å². The molecule has 0 aliphatic heterocycles. The number of para-hydroxylation sites is 1. The molecule has 0 aliphatic rings. The van der Waals surface area contributed by atoms with Crippen LogP contribution in [0.1, 0.15) is 18.1 Å². The molecule has 0 aromatic heterocycles. The lowest BCUT2D eigenvalue weighted by molar-refractivity contribution is -0.139. The molecule has 4 nitrogen and oxygen atoms in total. The Labute approximate surface area is 138 Å². The van der Waals surface area contributed by atoms with E-state index in [2.05, 4.69) is 5.32 Å². The molecule has 122 valence electrons. The molecule has 0 spiro atoms. The molecule has 0 amide bonds. The van der Waals surface area contributed by atoms with Crippen LogP contribution in [0.25, 0.3) is 0 Å². The lowest BCUT2D eigenvalue weighted by Crippen LogP contribution is -2.33. The van der Waals surface area contributed by atoms with Crippen LogP contribution in [0, 0.1) is 5.82 Å². The second-order valence-corrected chi connectivity index (χ2v) is 5.44. The number of hydrogen-bond donors (Lipinski definition) is 2. The van der Waals surface area contributed by atoms with Crippen LogP contribution in [0.5, 0.6) is 5.75 Å². The highest BCUT2D eigenvalue weighted by Crippen LogP contribution is 2.23. The average Bonchev–Trinajstić information content (AvgIpc) is 2.53. The minimum absolute atomic E-state index is 0.00297. The first-order valence-corrected chi connectivity index (χ1v) is 7.46. The first-order valence-electron chi connectivity index (χ1n) is 7.09. The molecule has 0 aliphatic carbocycles. The van der Waals surface area contributed by atoms with Crippen molar-refractivity contribution in [3.05, 3.63) is 64.4 Å². The van der Waals surface area contributed by atoms with Gasteiger partial charge >= 0.3 is 5.97 Å². The fourth-order valence-corrected chi connectivity index (χ4v) is 2.18. The number of carboxylic acid groups (broad SMARTS) is 1. The van der Waals surface area contributed by atoms with Crippen LogP contribution in [0.2, 0.25) is 5.02 Å². The van der Waals surface area contributed by atoms with Crippen LogP contribution in [0.15, 0.2) is 42.5 Å². The monoisotopic (exact) mass is 337 g/mol. The number of ether oxygens (including phenoxy) is 1. The summed E-state index contributed by atoms with van der Waals surface area (Å²) in [7, 11) is 0.